The SMILES string of the molecule is CCc1cc2ccccc2c(O)c1CC. The minimum atomic E-state index is 0.465. The molecule has 0 saturated heterocycles. The van der Waals surface area contributed by atoms with E-state index in [0.29, 0.717) is 5.75 Å². The summed E-state index contributed by atoms with van der Waals surface area (Å²) >= 11 is 0. The maximum absolute atomic E-state index is 10.2. The van der Waals surface area contributed by atoms with Crippen molar-refractivity contribution in [3.05, 3.63) is 41.5 Å². The van der Waals surface area contributed by atoms with Crippen LogP contribution < -0.4 is 0 Å². The lowest BCUT2D eigenvalue weighted by molar-refractivity contribution is 0.474. The van der Waals surface area contributed by atoms with E-state index in [-0.39, 0.29) is 0 Å². The van der Waals surface area contributed by atoms with Crippen molar-refractivity contribution in [2.45, 2.75) is 26.7 Å². The third-order valence-electron chi connectivity index (χ3n) is 2.95. The number of rotatable bonds is 2. The Labute approximate surface area is 90.4 Å². The van der Waals surface area contributed by atoms with Gasteiger partial charge in [-0.25, -0.2) is 0 Å². The highest BCUT2D eigenvalue weighted by atomic mass is 16.3. The first kappa shape index (κ1) is 10.0. The first-order valence-electron chi connectivity index (χ1n) is 5.50. The Balaban J connectivity index is 2.81. The molecule has 0 aliphatic carbocycles. The van der Waals surface area contributed by atoms with Crippen molar-refractivity contribution in [1.82, 2.24) is 0 Å². The number of aryl methyl sites for hydroxylation is 1. The van der Waals surface area contributed by atoms with Gasteiger partial charge in [-0.05, 0) is 29.4 Å². The summed E-state index contributed by atoms with van der Waals surface area (Å²) in [6.07, 6.45) is 1.86. The first-order valence-corrected chi connectivity index (χ1v) is 5.50. The Hall–Kier alpha value is -1.50. The van der Waals surface area contributed by atoms with Crippen molar-refractivity contribution in [2.75, 3.05) is 0 Å². The highest BCUT2D eigenvalue weighted by Gasteiger charge is 2.09. The molecule has 78 valence electrons. The third kappa shape index (κ3) is 1.58. The molecule has 15 heavy (non-hydrogen) atoms. The molecular formula is C14H16O. The van der Waals surface area contributed by atoms with Crippen LogP contribution in [0.5, 0.6) is 5.75 Å². The van der Waals surface area contributed by atoms with E-state index in [4.69, 9.17) is 0 Å². The molecule has 0 aliphatic rings. The van der Waals surface area contributed by atoms with E-state index >= 15 is 0 Å². The van der Waals surface area contributed by atoms with Crippen molar-refractivity contribution < 1.29 is 5.11 Å². The van der Waals surface area contributed by atoms with E-state index < -0.39 is 0 Å². The van der Waals surface area contributed by atoms with Crippen LogP contribution in [0.2, 0.25) is 0 Å². The monoisotopic (exact) mass is 200 g/mol. The summed E-state index contributed by atoms with van der Waals surface area (Å²) in [6.45, 7) is 4.21. The van der Waals surface area contributed by atoms with Gasteiger partial charge in [0.05, 0.1) is 0 Å². The highest BCUT2D eigenvalue weighted by Crippen LogP contribution is 2.32. The summed E-state index contributed by atoms with van der Waals surface area (Å²) in [5.41, 5.74) is 2.35. The topological polar surface area (TPSA) is 20.2 Å². The van der Waals surface area contributed by atoms with Gasteiger partial charge in [0.2, 0.25) is 0 Å². The Morgan fingerprint density at radius 1 is 1.07 bits per heavy atom. The van der Waals surface area contributed by atoms with E-state index in [1.165, 1.54) is 5.56 Å². The Morgan fingerprint density at radius 2 is 1.80 bits per heavy atom. The average molecular weight is 200 g/mol. The fraction of sp³-hybridized carbons (Fsp3) is 0.286. The van der Waals surface area contributed by atoms with Crippen LogP contribution in [0.15, 0.2) is 30.3 Å². The molecule has 1 heteroatoms. The summed E-state index contributed by atoms with van der Waals surface area (Å²) in [5.74, 6) is 0.465. The number of phenolic OH excluding ortho intramolecular Hbond substituents is 1. The van der Waals surface area contributed by atoms with Crippen LogP contribution in [-0.4, -0.2) is 5.11 Å². The molecule has 0 heterocycles. The van der Waals surface area contributed by atoms with Crippen LogP contribution in [0, 0.1) is 0 Å². The second-order valence-corrected chi connectivity index (χ2v) is 3.79. The number of aromatic hydroxyl groups is 1. The van der Waals surface area contributed by atoms with Gasteiger partial charge in [0, 0.05) is 5.39 Å². The van der Waals surface area contributed by atoms with Gasteiger partial charge in [-0.2, -0.15) is 0 Å². The standard InChI is InChI=1S/C14H16O/c1-3-10-9-11-7-5-6-8-13(11)14(15)12(10)4-2/h5-9,15H,3-4H2,1-2H3. The predicted octanol–water partition coefficient (Wildman–Crippen LogP) is 3.67. The van der Waals surface area contributed by atoms with Crippen LogP contribution in [0.4, 0.5) is 0 Å². The second-order valence-electron chi connectivity index (χ2n) is 3.79. The molecule has 1 nitrogen and oxygen atoms in total. The van der Waals surface area contributed by atoms with Crippen LogP contribution in [0.25, 0.3) is 10.8 Å². The quantitative estimate of drug-likeness (QED) is 0.784. The summed E-state index contributed by atoms with van der Waals surface area (Å²) < 4.78 is 0. The number of benzene rings is 2. The molecule has 2 aromatic rings. The predicted molar refractivity (Wildman–Crippen MR) is 64.4 cm³/mol. The number of hydrogen-bond donors (Lipinski definition) is 1. The van der Waals surface area contributed by atoms with E-state index in [9.17, 15) is 5.11 Å². The minimum absolute atomic E-state index is 0.465. The zero-order valence-electron chi connectivity index (χ0n) is 9.25. The van der Waals surface area contributed by atoms with Crippen molar-refractivity contribution >= 4 is 10.8 Å². The molecule has 0 unspecified atom stereocenters. The van der Waals surface area contributed by atoms with Gasteiger partial charge in [0.15, 0.2) is 0 Å². The van der Waals surface area contributed by atoms with Gasteiger partial charge in [0.1, 0.15) is 5.75 Å². The lowest BCUT2D eigenvalue weighted by atomic mass is 9.96. The Kier molecular flexibility index (Phi) is 2.63. The molecule has 0 atom stereocenters. The largest absolute Gasteiger partial charge is 0.507 e. The minimum Gasteiger partial charge on any atom is -0.507 e. The molecule has 0 amide bonds. The number of fused-ring (bicyclic) bond motifs is 1. The molecule has 0 saturated carbocycles. The molecule has 0 bridgehead atoms. The number of phenols is 1. The third-order valence-corrected chi connectivity index (χ3v) is 2.95. The van der Waals surface area contributed by atoms with Crippen molar-refractivity contribution in [2.24, 2.45) is 0 Å². The van der Waals surface area contributed by atoms with Gasteiger partial charge in [0.25, 0.3) is 0 Å². The maximum Gasteiger partial charge on any atom is 0.126 e. The maximum atomic E-state index is 10.2. The molecule has 0 fully saturated rings. The number of hydrogen-bond acceptors (Lipinski definition) is 1. The molecule has 0 aromatic heterocycles. The van der Waals surface area contributed by atoms with Gasteiger partial charge in [-0.1, -0.05) is 44.2 Å². The highest BCUT2D eigenvalue weighted by molar-refractivity contribution is 5.90. The Morgan fingerprint density at radius 3 is 2.47 bits per heavy atom. The summed E-state index contributed by atoms with van der Waals surface area (Å²) in [6, 6.07) is 10.2. The lowest BCUT2D eigenvalue weighted by Gasteiger charge is -2.11. The zero-order chi connectivity index (χ0) is 10.8. The lowest BCUT2D eigenvalue weighted by Crippen LogP contribution is -1.92. The average Bonchev–Trinajstić information content (AvgIpc) is 2.29. The molecule has 0 aliphatic heterocycles. The summed E-state index contributed by atoms with van der Waals surface area (Å²) in [7, 11) is 0. The second kappa shape index (κ2) is 3.93. The molecule has 2 rings (SSSR count). The molecule has 2 aromatic carbocycles. The Bertz CT molecular complexity index is 486. The van der Waals surface area contributed by atoms with E-state index in [1.807, 2.05) is 24.3 Å². The van der Waals surface area contributed by atoms with Gasteiger partial charge in [-0.15, -0.1) is 0 Å². The fourth-order valence-corrected chi connectivity index (χ4v) is 2.14. The summed E-state index contributed by atoms with van der Waals surface area (Å²) in [4.78, 5) is 0. The summed E-state index contributed by atoms with van der Waals surface area (Å²) in [5, 5.41) is 12.3. The van der Waals surface area contributed by atoms with E-state index in [0.717, 1.165) is 29.2 Å². The zero-order valence-corrected chi connectivity index (χ0v) is 9.25. The van der Waals surface area contributed by atoms with Crippen LogP contribution in [0.3, 0.4) is 0 Å². The molecular weight excluding hydrogens is 184 g/mol. The van der Waals surface area contributed by atoms with Crippen LogP contribution in [-0.2, 0) is 12.8 Å². The fourth-order valence-electron chi connectivity index (χ4n) is 2.14. The molecule has 0 radical (unpaired) electrons. The van der Waals surface area contributed by atoms with Gasteiger partial charge in [-0.3, -0.25) is 0 Å². The van der Waals surface area contributed by atoms with E-state index in [2.05, 4.69) is 19.9 Å². The smallest absolute Gasteiger partial charge is 0.126 e. The van der Waals surface area contributed by atoms with Crippen LogP contribution >= 0.6 is 0 Å². The van der Waals surface area contributed by atoms with Crippen molar-refractivity contribution in [3.63, 3.8) is 0 Å². The van der Waals surface area contributed by atoms with E-state index in [1.54, 1.807) is 0 Å². The van der Waals surface area contributed by atoms with Crippen molar-refractivity contribution in [1.29, 1.82) is 0 Å². The molecule has 0 spiro atoms. The normalized spacial score (nSPS) is 10.8. The van der Waals surface area contributed by atoms with Crippen molar-refractivity contribution in [3.8, 4) is 5.75 Å². The van der Waals surface area contributed by atoms with Crippen LogP contribution in [0.1, 0.15) is 25.0 Å². The van der Waals surface area contributed by atoms with Gasteiger partial charge >= 0.3 is 0 Å². The first-order chi connectivity index (χ1) is 7.27. The van der Waals surface area contributed by atoms with Gasteiger partial charge < -0.3 is 5.11 Å². The molecule has 1 N–H and O–H groups in total.